The molecule has 0 unspecified atom stereocenters. The van der Waals surface area contributed by atoms with Gasteiger partial charge >= 0.3 is 5.97 Å². The summed E-state index contributed by atoms with van der Waals surface area (Å²) in [5, 5.41) is 8.53. The summed E-state index contributed by atoms with van der Waals surface area (Å²) < 4.78 is 10.0. The third-order valence-corrected chi connectivity index (χ3v) is 1.93. The molecule has 0 saturated heterocycles. The Balaban J connectivity index is 2.90. The minimum atomic E-state index is -1.04. The molecule has 1 N–H and O–H groups in total. The van der Waals surface area contributed by atoms with E-state index >= 15 is 0 Å². The number of carbonyl (C=O) groups is 1. The monoisotopic (exact) mass is 240 g/mol. The summed E-state index contributed by atoms with van der Waals surface area (Å²) in [5.41, 5.74) is 0.673. The van der Waals surface area contributed by atoms with E-state index in [9.17, 15) is 4.79 Å². The Labute approximate surface area is 99.6 Å². The predicted molar refractivity (Wildman–Crippen MR) is 60.0 cm³/mol. The third kappa shape index (κ3) is 4.36. The van der Waals surface area contributed by atoms with Crippen molar-refractivity contribution < 1.29 is 19.4 Å². The lowest BCUT2D eigenvalue weighted by atomic mass is 10.2. The molecule has 0 spiro atoms. The molecule has 0 radical (unpaired) electrons. The van der Waals surface area contributed by atoms with Crippen LogP contribution in [0.3, 0.4) is 0 Å². The number of ether oxygens (including phenoxy) is 2. The topological polar surface area (TPSA) is 81.5 Å². The lowest BCUT2D eigenvalue weighted by Crippen LogP contribution is -2.12. The van der Waals surface area contributed by atoms with Crippen LogP contribution in [0.4, 0.5) is 0 Å². The second-order valence-electron chi connectivity index (χ2n) is 3.83. The highest BCUT2D eigenvalue weighted by molar-refractivity contribution is 5.68. The Bertz CT molecular complexity index is 393. The van der Waals surface area contributed by atoms with Crippen LogP contribution in [-0.4, -0.2) is 34.8 Å². The van der Waals surface area contributed by atoms with E-state index in [2.05, 4.69) is 9.97 Å². The molecule has 0 saturated carbocycles. The van der Waals surface area contributed by atoms with Crippen LogP contribution >= 0.6 is 0 Å². The standard InChI is InChI=1S/C11H16N2O4/c1-7(2)11-12-8(5-16-3)4-9(13-11)17-6-10(14)15/h4,7H,5-6H2,1-3H3,(H,14,15). The first kappa shape index (κ1) is 13.4. The van der Waals surface area contributed by atoms with Gasteiger partial charge in [-0.15, -0.1) is 0 Å². The smallest absolute Gasteiger partial charge is 0.341 e. The van der Waals surface area contributed by atoms with Crippen molar-refractivity contribution in [3.63, 3.8) is 0 Å². The largest absolute Gasteiger partial charge is 0.479 e. The fourth-order valence-corrected chi connectivity index (χ4v) is 1.18. The minimum absolute atomic E-state index is 0.138. The van der Waals surface area contributed by atoms with E-state index in [0.29, 0.717) is 18.1 Å². The average Bonchev–Trinajstić information content (AvgIpc) is 2.26. The molecule has 1 rings (SSSR count). The molecule has 0 atom stereocenters. The van der Waals surface area contributed by atoms with Gasteiger partial charge < -0.3 is 14.6 Å². The molecule has 0 bridgehead atoms. The summed E-state index contributed by atoms with van der Waals surface area (Å²) >= 11 is 0. The molecule has 1 aromatic heterocycles. The second kappa shape index (κ2) is 6.15. The number of carboxylic acid groups (broad SMARTS) is 1. The Morgan fingerprint density at radius 3 is 2.71 bits per heavy atom. The molecule has 0 aliphatic heterocycles. The first-order chi connectivity index (χ1) is 8.02. The number of rotatable bonds is 6. The van der Waals surface area contributed by atoms with E-state index < -0.39 is 12.6 Å². The quantitative estimate of drug-likeness (QED) is 0.804. The number of aromatic nitrogens is 2. The molecule has 0 amide bonds. The normalized spacial score (nSPS) is 10.6. The van der Waals surface area contributed by atoms with Crippen molar-refractivity contribution in [2.45, 2.75) is 26.4 Å². The summed E-state index contributed by atoms with van der Waals surface area (Å²) in [6, 6.07) is 1.58. The van der Waals surface area contributed by atoms with Gasteiger partial charge in [-0.05, 0) is 0 Å². The lowest BCUT2D eigenvalue weighted by Gasteiger charge is -2.09. The van der Waals surface area contributed by atoms with Gasteiger partial charge in [0, 0.05) is 19.1 Å². The molecule has 1 aromatic rings. The molecule has 0 aromatic carbocycles. The summed E-state index contributed by atoms with van der Waals surface area (Å²) in [7, 11) is 1.56. The van der Waals surface area contributed by atoms with Crippen molar-refractivity contribution in [2.75, 3.05) is 13.7 Å². The average molecular weight is 240 g/mol. The summed E-state index contributed by atoms with van der Waals surface area (Å²) in [4.78, 5) is 18.8. The van der Waals surface area contributed by atoms with Gasteiger partial charge in [-0.2, -0.15) is 4.98 Å². The molecule has 94 valence electrons. The van der Waals surface area contributed by atoms with E-state index in [1.807, 2.05) is 13.8 Å². The lowest BCUT2D eigenvalue weighted by molar-refractivity contribution is -0.139. The van der Waals surface area contributed by atoms with Gasteiger partial charge in [-0.1, -0.05) is 13.8 Å². The Kier molecular flexibility index (Phi) is 4.84. The molecule has 1 heterocycles. The van der Waals surface area contributed by atoms with Gasteiger partial charge in [0.15, 0.2) is 6.61 Å². The highest BCUT2D eigenvalue weighted by Crippen LogP contribution is 2.16. The van der Waals surface area contributed by atoms with Crippen LogP contribution < -0.4 is 4.74 Å². The number of carboxylic acids is 1. The maximum Gasteiger partial charge on any atom is 0.341 e. The van der Waals surface area contributed by atoms with E-state index in [-0.39, 0.29) is 11.8 Å². The third-order valence-electron chi connectivity index (χ3n) is 1.93. The summed E-state index contributed by atoms with van der Waals surface area (Å²) in [5.74, 6) is -0.0277. The van der Waals surface area contributed by atoms with Gasteiger partial charge in [0.2, 0.25) is 5.88 Å². The highest BCUT2D eigenvalue weighted by atomic mass is 16.5. The Morgan fingerprint density at radius 2 is 2.18 bits per heavy atom. The Morgan fingerprint density at radius 1 is 1.47 bits per heavy atom. The fourth-order valence-electron chi connectivity index (χ4n) is 1.18. The second-order valence-corrected chi connectivity index (χ2v) is 3.83. The number of methoxy groups -OCH3 is 1. The molecule has 17 heavy (non-hydrogen) atoms. The van der Waals surface area contributed by atoms with Gasteiger partial charge in [-0.3, -0.25) is 0 Å². The van der Waals surface area contributed by atoms with Crippen LogP contribution in [0.15, 0.2) is 6.07 Å². The fraction of sp³-hybridized carbons (Fsp3) is 0.545. The van der Waals surface area contributed by atoms with Gasteiger partial charge in [0.05, 0.1) is 12.3 Å². The van der Waals surface area contributed by atoms with Crippen LogP contribution in [0.1, 0.15) is 31.3 Å². The molecular formula is C11H16N2O4. The molecular weight excluding hydrogens is 224 g/mol. The van der Waals surface area contributed by atoms with Gasteiger partial charge in [-0.25, -0.2) is 9.78 Å². The number of hydrogen-bond acceptors (Lipinski definition) is 5. The highest BCUT2D eigenvalue weighted by Gasteiger charge is 2.09. The number of nitrogens with zero attached hydrogens (tertiary/aromatic N) is 2. The van der Waals surface area contributed by atoms with Crippen LogP contribution in [0.2, 0.25) is 0 Å². The van der Waals surface area contributed by atoms with E-state index in [4.69, 9.17) is 14.6 Å². The molecule has 6 heteroatoms. The molecule has 0 aliphatic carbocycles. The number of aliphatic carboxylic acids is 1. The first-order valence-electron chi connectivity index (χ1n) is 5.24. The molecule has 6 nitrogen and oxygen atoms in total. The van der Waals surface area contributed by atoms with E-state index in [1.54, 1.807) is 13.2 Å². The van der Waals surface area contributed by atoms with Crippen LogP contribution in [0.5, 0.6) is 5.88 Å². The van der Waals surface area contributed by atoms with Crippen LogP contribution in [0.25, 0.3) is 0 Å². The molecule has 0 fully saturated rings. The van der Waals surface area contributed by atoms with Gasteiger partial charge in [0.25, 0.3) is 0 Å². The minimum Gasteiger partial charge on any atom is -0.479 e. The van der Waals surface area contributed by atoms with E-state index in [1.165, 1.54) is 0 Å². The maximum atomic E-state index is 10.4. The van der Waals surface area contributed by atoms with Crippen molar-refractivity contribution in [1.29, 1.82) is 0 Å². The maximum absolute atomic E-state index is 10.4. The van der Waals surface area contributed by atoms with Crippen LogP contribution in [-0.2, 0) is 16.1 Å². The zero-order valence-corrected chi connectivity index (χ0v) is 10.1. The van der Waals surface area contributed by atoms with Crippen molar-refractivity contribution in [3.05, 3.63) is 17.6 Å². The zero-order valence-electron chi connectivity index (χ0n) is 10.1. The Hall–Kier alpha value is -1.69. The predicted octanol–water partition coefficient (Wildman–Crippen LogP) is 1.21. The van der Waals surface area contributed by atoms with Crippen molar-refractivity contribution in [1.82, 2.24) is 9.97 Å². The van der Waals surface area contributed by atoms with Crippen molar-refractivity contribution >= 4 is 5.97 Å². The SMILES string of the molecule is COCc1cc(OCC(=O)O)nc(C(C)C)n1. The first-order valence-corrected chi connectivity index (χ1v) is 5.24. The van der Waals surface area contributed by atoms with Crippen LogP contribution in [0, 0.1) is 0 Å². The number of hydrogen-bond donors (Lipinski definition) is 1. The van der Waals surface area contributed by atoms with Gasteiger partial charge in [0.1, 0.15) is 5.82 Å². The van der Waals surface area contributed by atoms with Crippen molar-refractivity contribution in [3.8, 4) is 5.88 Å². The molecule has 0 aliphatic rings. The zero-order chi connectivity index (χ0) is 12.8. The summed E-state index contributed by atoms with van der Waals surface area (Å²) in [6.07, 6.45) is 0. The summed E-state index contributed by atoms with van der Waals surface area (Å²) in [6.45, 7) is 3.83. The van der Waals surface area contributed by atoms with E-state index in [0.717, 1.165) is 0 Å². The van der Waals surface area contributed by atoms with Crippen molar-refractivity contribution in [2.24, 2.45) is 0 Å².